The van der Waals surface area contributed by atoms with Crippen LogP contribution in [0, 0.1) is 0 Å². The van der Waals surface area contributed by atoms with Crippen molar-refractivity contribution < 1.29 is 32.7 Å². The van der Waals surface area contributed by atoms with E-state index in [2.05, 4.69) is 42.3 Å². The van der Waals surface area contributed by atoms with E-state index in [1.54, 1.807) is 0 Å². The van der Waals surface area contributed by atoms with E-state index < -0.39 is 7.82 Å². The molecule has 8 heteroatoms. The fourth-order valence-electron chi connectivity index (χ4n) is 4.10. The molecular formula is C21H48N3O4P. The molecule has 0 aromatic carbocycles. The summed E-state index contributed by atoms with van der Waals surface area (Å²) < 4.78 is 12.3. The number of quaternary nitrogens is 3. The van der Waals surface area contributed by atoms with E-state index in [-0.39, 0.29) is 0 Å². The van der Waals surface area contributed by atoms with Crippen LogP contribution in [0.1, 0.15) is 57.8 Å². The highest BCUT2D eigenvalue weighted by Gasteiger charge is 2.19. The highest BCUT2D eigenvalue weighted by molar-refractivity contribution is 7.40. The molecule has 3 rings (SSSR count). The van der Waals surface area contributed by atoms with Gasteiger partial charge in [-0.3, -0.25) is 0 Å². The van der Waals surface area contributed by atoms with Gasteiger partial charge in [-0.2, -0.15) is 7.82 Å². The summed E-state index contributed by atoms with van der Waals surface area (Å²) in [7, 11) is 8.52. The number of hydrogen-bond donors (Lipinski definition) is 0. The molecule has 0 atom stereocenters. The monoisotopic (exact) mass is 437 g/mol. The third kappa shape index (κ3) is 21.0. The largest absolute Gasteiger partial charge is 0.822 e. The third-order valence-corrected chi connectivity index (χ3v) is 6.08. The summed E-state index contributed by atoms with van der Waals surface area (Å²) in [5.41, 5.74) is 0. The Kier molecular flexibility index (Phi) is 13.4. The molecule has 3 heterocycles. The van der Waals surface area contributed by atoms with Gasteiger partial charge < -0.3 is 32.7 Å². The molecule has 3 aliphatic heterocycles. The molecule has 7 nitrogen and oxygen atoms in total. The molecule has 0 amide bonds. The van der Waals surface area contributed by atoms with E-state index in [1.807, 2.05) is 0 Å². The maximum absolute atomic E-state index is 8.55. The second-order valence-corrected chi connectivity index (χ2v) is 11.7. The number of hydrogen-bond acceptors (Lipinski definition) is 4. The number of likely N-dealkylation sites (tertiary alicyclic amines) is 3. The first-order valence-corrected chi connectivity index (χ1v) is 12.8. The van der Waals surface area contributed by atoms with E-state index in [1.165, 1.54) is 111 Å². The minimum absolute atomic E-state index is 1.25. The van der Waals surface area contributed by atoms with Crippen LogP contribution in [0.3, 0.4) is 0 Å². The number of rotatable bonds is 0. The first-order chi connectivity index (χ1) is 13.1. The average molecular weight is 438 g/mol. The maximum atomic E-state index is 8.55. The SMILES string of the molecule is C[N+]1(C)CCCCC1.C[N+]1(C)CCCCC1.C[N+]1(C)CCCCC1.O=P([O-])([O-])[O-]. The lowest BCUT2D eigenvalue weighted by atomic mass is 10.1. The molecule has 0 aromatic rings. The molecule has 0 radical (unpaired) electrons. The molecule has 0 aliphatic carbocycles. The minimum atomic E-state index is -5.39. The van der Waals surface area contributed by atoms with Crippen LogP contribution in [0.15, 0.2) is 0 Å². The summed E-state index contributed by atoms with van der Waals surface area (Å²) >= 11 is 0. The van der Waals surface area contributed by atoms with E-state index in [4.69, 9.17) is 19.2 Å². The van der Waals surface area contributed by atoms with Crippen molar-refractivity contribution in [2.24, 2.45) is 0 Å². The van der Waals surface area contributed by atoms with E-state index in [0.29, 0.717) is 0 Å². The van der Waals surface area contributed by atoms with Gasteiger partial charge in [0.2, 0.25) is 0 Å². The Morgan fingerprint density at radius 1 is 0.448 bits per heavy atom. The smallest absolute Gasteiger partial charge is 0.0782 e. The molecule has 0 saturated carbocycles. The van der Waals surface area contributed by atoms with Crippen molar-refractivity contribution in [1.29, 1.82) is 0 Å². The normalized spacial score (nSPS) is 25.0. The third-order valence-electron chi connectivity index (χ3n) is 6.08. The number of nitrogens with zero attached hydrogens (tertiary/aromatic N) is 3. The molecular weight excluding hydrogens is 389 g/mol. The predicted molar refractivity (Wildman–Crippen MR) is 115 cm³/mol. The maximum Gasteiger partial charge on any atom is 0.0782 e. The van der Waals surface area contributed by atoms with Crippen molar-refractivity contribution in [3.63, 3.8) is 0 Å². The van der Waals surface area contributed by atoms with Crippen LogP contribution in [0.2, 0.25) is 0 Å². The predicted octanol–water partition coefficient (Wildman–Crippen LogP) is 0.916. The van der Waals surface area contributed by atoms with Gasteiger partial charge in [-0.25, -0.2) is 0 Å². The topological polar surface area (TPSA) is 86.2 Å². The first-order valence-electron chi connectivity index (χ1n) is 11.3. The van der Waals surface area contributed by atoms with Gasteiger partial charge in [0.1, 0.15) is 0 Å². The zero-order valence-corrected chi connectivity index (χ0v) is 20.9. The quantitative estimate of drug-likeness (QED) is 0.416. The van der Waals surface area contributed by atoms with Crippen LogP contribution < -0.4 is 14.7 Å². The molecule has 0 unspecified atom stereocenters. The lowest BCUT2D eigenvalue weighted by Gasteiger charge is -2.36. The molecule has 0 N–H and O–H groups in total. The standard InChI is InChI=1S/3C7H16N.H3O4P/c3*1-8(2)6-4-3-5-7-8;1-5(2,3)4/h3*3-7H2,1-2H3;(H3,1,2,3,4)/q3*+1;/p-3. The summed E-state index contributed by atoms with van der Waals surface area (Å²) in [5, 5.41) is 0. The van der Waals surface area contributed by atoms with Gasteiger partial charge in [-0.1, -0.05) is 0 Å². The lowest BCUT2D eigenvalue weighted by molar-refractivity contribution is -0.894. The summed E-state index contributed by atoms with van der Waals surface area (Å²) in [6.45, 7) is 8.33. The molecule has 3 aliphatic rings. The van der Waals surface area contributed by atoms with Gasteiger partial charge in [0.05, 0.1) is 81.6 Å². The molecule has 0 bridgehead atoms. The first kappa shape index (κ1) is 29.0. The summed E-state index contributed by atoms with van der Waals surface area (Å²) in [6, 6.07) is 0. The lowest BCUT2D eigenvalue weighted by Crippen LogP contribution is -2.43. The van der Waals surface area contributed by atoms with Gasteiger partial charge in [0.15, 0.2) is 0 Å². The van der Waals surface area contributed by atoms with E-state index in [9.17, 15) is 0 Å². The van der Waals surface area contributed by atoms with E-state index >= 15 is 0 Å². The molecule has 29 heavy (non-hydrogen) atoms. The molecule has 176 valence electrons. The second kappa shape index (κ2) is 13.4. The van der Waals surface area contributed by atoms with Crippen molar-refractivity contribution in [3.05, 3.63) is 0 Å². The Bertz CT molecular complexity index is 394. The summed E-state index contributed by atoms with van der Waals surface area (Å²) in [4.78, 5) is 25.6. The summed E-state index contributed by atoms with van der Waals surface area (Å²) in [5.74, 6) is 0. The minimum Gasteiger partial charge on any atom is -0.822 e. The van der Waals surface area contributed by atoms with Crippen molar-refractivity contribution in [1.82, 2.24) is 0 Å². The van der Waals surface area contributed by atoms with Crippen LogP contribution in [-0.4, -0.2) is 95.0 Å². The Hall–Kier alpha value is -0.0100. The van der Waals surface area contributed by atoms with Crippen LogP contribution >= 0.6 is 7.82 Å². The van der Waals surface area contributed by atoms with Crippen molar-refractivity contribution >= 4 is 7.82 Å². The molecule has 0 aromatic heterocycles. The summed E-state index contributed by atoms with van der Waals surface area (Å²) in [6.07, 6.45) is 13.0. The van der Waals surface area contributed by atoms with E-state index in [0.717, 1.165) is 0 Å². The Labute approximate surface area is 180 Å². The van der Waals surface area contributed by atoms with Gasteiger partial charge >= 0.3 is 0 Å². The van der Waals surface area contributed by atoms with Gasteiger partial charge in [0, 0.05) is 0 Å². The molecule has 3 saturated heterocycles. The van der Waals surface area contributed by atoms with Crippen LogP contribution in [0.4, 0.5) is 0 Å². The van der Waals surface area contributed by atoms with Gasteiger partial charge in [0.25, 0.3) is 0 Å². The Balaban J connectivity index is 0.000000367. The molecule has 3 fully saturated rings. The Morgan fingerprint density at radius 2 is 0.586 bits per heavy atom. The van der Waals surface area contributed by atoms with Crippen molar-refractivity contribution in [3.8, 4) is 0 Å². The molecule has 0 spiro atoms. The van der Waals surface area contributed by atoms with Crippen molar-refractivity contribution in [2.75, 3.05) is 81.6 Å². The van der Waals surface area contributed by atoms with Crippen LogP contribution in [0.5, 0.6) is 0 Å². The highest BCUT2D eigenvalue weighted by atomic mass is 31.2. The fraction of sp³-hybridized carbons (Fsp3) is 1.00. The zero-order chi connectivity index (χ0) is 22.6. The van der Waals surface area contributed by atoms with Gasteiger partial charge in [-0.15, -0.1) is 0 Å². The number of phosphoric acid groups is 1. The van der Waals surface area contributed by atoms with Crippen LogP contribution in [0.25, 0.3) is 0 Å². The fourth-order valence-corrected chi connectivity index (χ4v) is 4.10. The number of piperidine rings is 3. The average Bonchev–Trinajstić information content (AvgIpc) is 2.54. The zero-order valence-electron chi connectivity index (χ0n) is 20.0. The van der Waals surface area contributed by atoms with Gasteiger partial charge in [-0.05, 0) is 57.8 Å². The Morgan fingerprint density at radius 3 is 0.655 bits per heavy atom. The van der Waals surface area contributed by atoms with Crippen molar-refractivity contribution in [2.45, 2.75) is 57.8 Å². The second-order valence-electron chi connectivity index (χ2n) is 10.8. The highest BCUT2D eigenvalue weighted by Crippen LogP contribution is 2.13. The van der Waals surface area contributed by atoms with Crippen LogP contribution in [-0.2, 0) is 4.57 Å².